The summed E-state index contributed by atoms with van der Waals surface area (Å²) < 4.78 is 17.2. The smallest absolute Gasteiger partial charge is 0.365 e. The van der Waals surface area contributed by atoms with E-state index in [1.165, 1.54) is 12.2 Å². The lowest BCUT2D eigenvalue weighted by atomic mass is 10.6. The Bertz CT molecular complexity index is 183. The summed E-state index contributed by atoms with van der Waals surface area (Å²) in [6, 6.07) is 0. The molecule has 8 heteroatoms. The van der Waals surface area contributed by atoms with Gasteiger partial charge < -0.3 is 13.3 Å². The topological polar surface area (TPSA) is 27.7 Å². The number of rotatable bonds is 12. The zero-order valence-corrected chi connectivity index (χ0v) is 18.0. The van der Waals surface area contributed by atoms with Crippen LogP contribution in [-0.2, 0) is 13.3 Å². The molecule has 0 unspecified atom stereocenters. The monoisotopic (exact) mass is 390 g/mol. The van der Waals surface area contributed by atoms with Crippen molar-refractivity contribution >= 4 is 48.6 Å². The van der Waals surface area contributed by atoms with Gasteiger partial charge in [-0.3, -0.25) is 0 Å². The Labute approximate surface area is 147 Å². The molecule has 0 aliphatic heterocycles. The summed E-state index contributed by atoms with van der Waals surface area (Å²) in [4.78, 5) is 0. The molecule has 0 rings (SSSR count). The molecule has 0 saturated carbocycles. The van der Waals surface area contributed by atoms with Crippen molar-refractivity contribution < 1.29 is 13.3 Å². The van der Waals surface area contributed by atoms with Crippen LogP contribution < -0.4 is 0 Å². The van der Waals surface area contributed by atoms with Gasteiger partial charge in [-0.15, -0.1) is 26.3 Å². The maximum absolute atomic E-state index is 5.73. The lowest BCUT2D eigenvalue weighted by Gasteiger charge is -2.25. The Morgan fingerprint density at radius 2 is 1.19 bits per heavy atom. The van der Waals surface area contributed by atoms with E-state index in [2.05, 4.69) is 33.2 Å². The largest absolute Gasteiger partial charge is 0.585 e. The van der Waals surface area contributed by atoms with E-state index in [1.54, 1.807) is 29.9 Å². The van der Waals surface area contributed by atoms with Crippen LogP contribution in [0.3, 0.4) is 0 Å². The molecule has 0 N–H and O–H groups in total. The van der Waals surface area contributed by atoms with Crippen LogP contribution in [0.1, 0.15) is 34.1 Å². The van der Waals surface area contributed by atoms with Gasteiger partial charge in [-0.1, -0.05) is 17.7 Å². The zero-order valence-electron chi connectivity index (χ0n) is 13.7. The first-order valence-corrected chi connectivity index (χ1v) is 14.2. The fourth-order valence-corrected chi connectivity index (χ4v) is 15.0. The average Bonchev–Trinajstić information content (AvgIpc) is 2.52. The van der Waals surface area contributed by atoms with Crippen molar-refractivity contribution in [1.29, 1.82) is 0 Å². The molecule has 21 heavy (non-hydrogen) atoms. The van der Waals surface area contributed by atoms with Gasteiger partial charge in [0.25, 0.3) is 0 Å². The van der Waals surface area contributed by atoms with E-state index in [4.69, 9.17) is 13.3 Å². The second-order valence-corrected chi connectivity index (χ2v) is 13.3. The minimum atomic E-state index is -2.51. The highest BCUT2D eigenvalue weighted by molar-refractivity contribution is 9.28. The Kier molecular flexibility index (Phi) is 29.7. The minimum absolute atomic E-state index is 0.631. The van der Waals surface area contributed by atoms with Crippen LogP contribution in [0.5, 0.6) is 0 Å². The molecule has 0 bridgehead atoms. The van der Waals surface area contributed by atoms with Crippen molar-refractivity contribution in [2.24, 2.45) is 0 Å². The first kappa shape index (κ1) is 26.9. The Balaban J connectivity index is -0.000000739. The van der Waals surface area contributed by atoms with Gasteiger partial charge in [0.1, 0.15) is 0 Å². The SMILES string of the molecule is C=C.C=C.CCCSSSS[Si](OCC)(OCC)OCC. The van der Waals surface area contributed by atoms with Crippen molar-refractivity contribution in [3.8, 4) is 0 Å². The van der Waals surface area contributed by atoms with Gasteiger partial charge in [0.15, 0.2) is 0 Å². The molecule has 0 fully saturated rings. The summed E-state index contributed by atoms with van der Waals surface area (Å²) in [7, 11) is 4.45. The highest BCUT2D eigenvalue weighted by Gasteiger charge is 2.43. The van der Waals surface area contributed by atoms with Crippen LogP contribution in [0.2, 0.25) is 0 Å². The molecular weight excluding hydrogens is 360 g/mol. The first-order chi connectivity index (χ1) is 10.2. The lowest BCUT2D eigenvalue weighted by Crippen LogP contribution is -2.42. The van der Waals surface area contributed by atoms with E-state index < -0.39 is 7.95 Å². The van der Waals surface area contributed by atoms with Crippen molar-refractivity contribution in [2.75, 3.05) is 25.6 Å². The molecule has 128 valence electrons. The van der Waals surface area contributed by atoms with Gasteiger partial charge in [0.05, 0.1) is 0 Å². The van der Waals surface area contributed by atoms with Gasteiger partial charge in [0.2, 0.25) is 0 Å². The maximum atomic E-state index is 5.73. The summed E-state index contributed by atoms with van der Waals surface area (Å²) in [6.45, 7) is 22.0. The highest BCUT2D eigenvalue weighted by Crippen LogP contribution is 2.48. The highest BCUT2D eigenvalue weighted by atomic mass is 33.7. The molecule has 0 radical (unpaired) electrons. The Morgan fingerprint density at radius 1 is 0.762 bits per heavy atom. The van der Waals surface area contributed by atoms with Gasteiger partial charge in [0, 0.05) is 25.6 Å². The predicted molar refractivity (Wildman–Crippen MR) is 109 cm³/mol. The average molecular weight is 391 g/mol. The molecule has 0 heterocycles. The second-order valence-electron chi connectivity index (χ2n) is 2.84. The van der Waals surface area contributed by atoms with E-state index in [1.807, 2.05) is 31.6 Å². The second kappa shape index (κ2) is 23.2. The van der Waals surface area contributed by atoms with Gasteiger partial charge >= 0.3 is 7.95 Å². The third kappa shape index (κ3) is 17.2. The first-order valence-electron chi connectivity index (χ1n) is 6.80. The molecule has 0 amide bonds. The quantitative estimate of drug-likeness (QED) is 0.169. The van der Waals surface area contributed by atoms with Crippen molar-refractivity contribution in [2.45, 2.75) is 34.1 Å². The molecule has 0 spiro atoms. The van der Waals surface area contributed by atoms with Crippen LogP contribution in [0.25, 0.3) is 0 Å². The van der Waals surface area contributed by atoms with Crippen molar-refractivity contribution in [3.63, 3.8) is 0 Å². The van der Waals surface area contributed by atoms with Crippen LogP contribution in [-0.4, -0.2) is 33.5 Å². The molecule has 0 saturated heterocycles. The summed E-state index contributed by atoms with van der Waals surface area (Å²) in [5.74, 6) is 1.17. The van der Waals surface area contributed by atoms with Gasteiger partial charge in [-0.05, 0) is 57.1 Å². The van der Waals surface area contributed by atoms with E-state index in [0.717, 1.165) is 0 Å². The summed E-state index contributed by atoms with van der Waals surface area (Å²) in [5, 5.41) is 0. The molecule has 0 aromatic heterocycles. The lowest BCUT2D eigenvalue weighted by molar-refractivity contribution is 0.0971. The van der Waals surface area contributed by atoms with E-state index in [9.17, 15) is 0 Å². The van der Waals surface area contributed by atoms with Crippen molar-refractivity contribution in [3.05, 3.63) is 26.3 Å². The molecule has 0 atom stereocenters. The van der Waals surface area contributed by atoms with Gasteiger partial charge in [-0.25, -0.2) is 0 Å². The Hall–Kier alpha value is 0.977. The summed E-state index contributed by atoms with van der Waals surface area (Å²) in [6.07, 6.45) is 1.20. The molecular formula is C13H30O3S4Si. The molecule has 0 aliphatic rings. The van der Waals surface area contributed by atoms with Crippen LogP contribution in [0.4, 0.5) is 0 Å². The summed E-state index contributed by atoms with van der Waals surface area (Å²) >= 11 is 0. The third-order valence-corrected chi connectivity index (χ3v) is 14.4. The number of hydrogen-bond acceptors (Lipinski definition) is 7. The van der Waals surface area contributed by atoms with Crippen LogP contribution >= 0.6 is 40.7 Å². The van der Waals surface area contributed by atoms with Crippen LogP contribution in [0, 0.1) is 0 Å². The van der Waals surface area contributed by atoms with Crippen molar-refractivity contribution in [1.82, 2.24) is 0 Å². The molecule has 0 aliphatic carbocycles. The Morgan fingerprint density at radius 3 is 1.52 bits per heavy atom. The van der Waals surface area contributed by atoms with Crippen LogP contribution in [0.15, 0.2) is 26.3 Å². The van der Waals surface area contributed by atoms with E-state index in [-0.39, 0.29) is 0 Å². The molecule has 0 aromatic carbocycles. The number of hydrogen-bond donors (Lipinski definition) is 0. The minimum Gasteiger partial charge on any atom is -0.365 e. The molecule has 0 aromatic rings. The fraction of sp³-hybridized carbons (Fsp3) is 0.692. The van der Waals surface area contributed by atoms with E-state index >= 15 is 0 Å². The fourth-order valence-electron chi connectivity index (χ4n) is 0.920. The zero-order chi connectivity index (χ0) is 17.0. The predicted octanol–water partition coefficient (Wildman–Crippen LogP) is 6.22. The summed E-state index contributed by atoms with van der Waals surface area (Å²) in [5.41, 5.74) is 0. The van der Waals surface area contributed by atoms with E-state index in [0.29, 0.717) is 19.8 Å². The third-order valence-electron chi connectivity index (χ3n) is 1.46. The van der Waals surface area contributed by atoms with Gasteiger partial charge in [-0.2, -0.15) is 0 Å². The normalized spacial score (nSPS) is 10.1. The maximum Gasteiger partial charge on any atom is 0.585 e. The molecule has 3 nitrogen and oxygen atoms in total. The standard InChI is InChI=1S/C9H22O3S4Si.2C2H4/c1-5-9-13-14-15-16-17(10-6-2,11-7-3)12-8-4;2*1-2/h5-9H2,1-4H3;2*1-2H2.